The summed E-state index contributed by atoms with van der Waals surface area (Å²) in [6.45, 7) is 11.0. The number of alkyl carbamates (subject to hydrolysis) is 1. The second-order valence-electron chi connectivity index (χ2n) is 7.06. The Kier molecular flexibility index (Phi) is 6.32. The third kappa shape index (κ3) is 6.93. The second-order valence-corrected chi connectivity index (χ2v) is 7.63. The number of rotatable bonds is 7. The van der Waals surface area contributed by atoms with Gasteiger partial charge in [0.15, 0.2) is 0 Å². The Labute approximate surface area is 131 Å². The van der Waals surface area contributed by atoms with Gasteiger partial charge in [0.25, 0.3) is 0 Å². The molecule has 0 heterocycles. The standard InChI is InChI=1S/C15H28BrNO3/c1-11(12-6-7-12)8-19-15(5,9-16)10-17-13(18)20-14(2,3)4/h11-12H,6-10H2,1-5H3,(H,17,18). The molecule has 1 saturated carbocycles. The van der Waals surface area contributed by atoms with E-state index in [2.05, 4.69) is 28.2 Å². The Morgan fingerprint density at radius 3 is 2.40 bits per heavy atom. The molecule has 1 fully saturated rings. The van der Waals surface area contributed by atoms with E-state index in [-0.39, 0.29) is 0 Å². The zero-order valence-electron chi connectivity index (χ0n) is 13.3. The van der Waals surface area contributed by atoms with E-state index in [1.807, 2.05) is 27.7 Å². The van der Waals surface area contributed by atoms with Gasteiger partial charge in [-0.3, -0.25) is 0 Å². The first kappa shape index (κ1) is 17.8. The summed E-state index contributed by atoms with van der Waals surface area (Å²) in [5, 5.41) is 3.46. The molecule has 2 unspecified atom stereocenters. The average Bonchev–Trinajstić information content (AvgIpc) is 3.15. The highest BCUT2D eigenvalue weighted by molar-refractivity contribution is 9.09. The highest BCUT2D eigenvalue weighted by atomic mass is 79.9. The Balaban J connectivity index is 2.33. The van der Waals surface area contributed by atoms with E-state index in [0.717, 1.165) is 12.5 Å². The molecule has 0 aromatic carbocycles. The van der Waals surface area contributed by atoms with Gasteiger partial charge in [0, 0.05) is 5.33 Å². The third-order valence-corrected chi connectivity index (χ3v) is 4.60. The Bertz CT molecular complexity index is 326. The van der Waals surface area contributed by atoms with E-state index < -0.39 is 17.3 Å². The molecule has 1 N–H and O–H groups in total. The SMILES string of the molecule is CC(COC(C)(CBr)CNC(=O)OC(C)(C)C)C1CC1. The highest BCUT2D eigenvalue weighted by Gasteiger charge is 2.31. The molecule has 0 aliphatic heterocycles. The molecule has 1 aliphatic rings. The minimum atomic E-state index is -0.476. The summed E-state index contributed by atoms with van der Waals surface area (Å²) < 4.78 is 11.2. The molecule has 1 aliphatic carbocycles. The van der Waals surface area contributed by atoms with Crippen molar-refractivity contribution in [3.8, 4) is 0 Å². The van der Waals surface area contributed by atoms with E-state index >= 15 is 0 Å². The van der Waals surface area contributed by atoms with E-state index in [0.29, 0.717) is 17.8 Å². The van der Waals surface area contributed by atoms with Crippen LogP contribution in [0.5, 0.6) is 0 Å². The third-order valence-electron chi connectivity index (χ3n) is 3.41. The molecule has 0 bridgehead atoms. The molecule has 1 amide bonds. The fourth-order valence-electron chi connectivity index (χ4n) is 1.84. The van der Waals surface area contributed by atoms with Gasteiger partial charge in [-0.2, -0.15) is 0 Å². The minimum absolute atomic E-state index is 0.400. The lowest BCUT2D eigenvalue weighted by Crippen LogP contribution is -2.46. The monoisotopic (exact) mass is 349 g/mol. The summed E-state index contributed by atoms with van der Waals surface area (Å²) in [5.41, 5.74) is -0.879. The summed E-state index contributed by atoms with van der Waals surface area (Å²) in [6, 6.07) is 0. The van der Waals surface area contributed by atoms with Crippen molar-refractivity contribution in [3.63, 3.8) is 0 Å². The molecule has 2 atom stereocenters. The highest BCUT2D eigenvalue weighted by Crippen LogP contribution is 2.37. The molecule has 5 heteroatoms. The van der Waals surface area contributed by atoms with Crippen molar-refractivity contribution in [2.75, 3.05) is 18.5 Å². The van der Waals surface area contributed by atoms with Gasteiger partial charge in [0.1, 0.15) is 5.60 Å². The van der Waals surface area contributed by atoms with Crippen LogP contribution in [0.15, 0.2) is 0 Å². The zero-order chi connectivity index (χ0) is 15.4. The number of amides is 1. The van der Waals surface area contributed by atoms with Crippen molar-refractivity contribution < 1.29 is 14.3 Å². The van der Waals surface area contributed by atoms with Gasteiger partial charge < -0.3 is 14.8 Å². The molecule has 0 saturated heterocycles. The fraction of sp³-hybridized carbons (Fsp3) is 0.933. The number of halogens is 1. The molecule has 0 aromatic rings. The first-order chi connectivity index (χ1) is 9.15. The number of carbonyl (C=O) groups is 1. The molecule has 4 nitrogen and oxygen atoms in total. The normalized spacial score (nSPS) is 20.1. The molecule has 1 rings (SSSR count). The minimum Gasteiger partial charge on any atom is -0.444 e. The van der Waals surface area contributed by atoms with Crippen LogP contribution in [0.4, 0.5) is 4.79 Å². The lowest BCUT2D eigenvalue weighted by Gasteiger charge is -2.30. The van der Waals surface area contributed by atoms with E-state index in [1.165, 1.54) is 12.8 Å². The van der Waals surface area contributed by atoms with Gasteiger partial charge in [0.05, 0.1) is 18.8 Å². The van der Waals surface area contributed by atoms with E-state index in [4.69, 9.17) is 9.47 Å². The van der Waals surface area contributed by atoms with E-state index in [9.17, 15) is 4.79 Å². The Morgan fingerprint density at radius 2 is 1.95 bits per heavy atom. The van der Waals surface area contributed by atoms with Crippen LogP contribution in [-0.4, -0.2) is 35.8 Å². The van der Waals surface area contributed by atoms with Gasteiger partial charge >= 0.3 is 6.09 Å². The van der Waals surface area contributed by atoms with Crippen LogP contribution in [0.2, 0.25) is 0 Å². The summed E-state index contributed by atoms with van der Waals surface area (Å²) in [5.74, 6) is 1.42. The first-order valence-corrected chi connectivity index (χ1v) is 8.44. The average molecular weight is 350 g/mol. The van der Waals surface area contributed by atoms with Crippen LogP contribution < -0.4 is 5.32 Å². The topological polar surface area (TPSA) is 47.6 Å². The van der Waals surface area contributed by atoms with Gasteiger partial charge in [0.2, 0.25) is 0 Å². The molecule has 118 valence electrons. The predicted octanol–water partition coefficient (Wildman–Crippen LogP) is 3.73. The van der Waals surface area contributed by atoms with Gasteiger partial charge in [-0.25, -0.2) is 4.79 Å². The van der Waals surface area contributed by atoms with Crippen LogP contribution in [0.1, 0.15) is 47.5 Å². The van der Waals surface area contributed by atoms with Gasteiger partial charge in [-0.15, -0.1) is 0 Å². The molecule has 0 aromatic heterocycles. The van der Waals surface area contributed by atoms with Gasteiger partial charge in [-0.05, 0) is 52.4 Å². The second kappa shape index (κ2) is 7.12. The largest absolute Gasteiger partial charge is 0.444 e. The van der Waals surface area contributed by atoms with E-state index in [1.54, 1.807) is 0 Å². The van der Waals surface area contributed by atoms with Crippen molar-refractivity contribution in [3.05, 3.63) is 0 Å². The van der Waals surface area contributed by atoms with Crippen LogP contribution in [0.25, 0.3) is 0 Å². The lowest BCUT2D eigenvalue weighted by atomic mass is 10.1. The van der Waals surface area contributed by atoms with Crippen molar-refractivity contribution >= 4 is 22.0 Å². The molecular formula is C15H28BrNO3. The van der Waals surface area contributed by atoms with Crippen LogP contribution in [0, 0.1) is 11.8 Å². The maximum atomic E-state index is 11.7. The van der Waals surface area contributed by atoms with Crippen molar-refractivity contribution in [1.29, 1.82) is 0 Å². The van der Waals surface area contributed by atoms with Crippen LogP contribution in [0.3, 0.4) is 0 Å². The smallest absolute Gasteiger partial charge is 0.407 e. The number of hydrogen-bond donors (Lipinski definition) is 1. The molecule has 0 spiro atoms. The zero-order valence-corrected chi connectivity index (χ0v) is 14.9. The predicted molar refractivity (Wildman–Crippen MR) is 84.3 cm³/mol. The summed E-state index contributed by atoms with van der Waals surface area (Å²) in [7, 11) is 0. The van der Waals surface area contributed by atoms with Crippen molar-refractivity contribution in [2.24, 2.45) is 11.8 Å². The number of ether oxygens (including phenoxy) is 2. The Hall–Kier alpha value is -0.290. The number of hydrogen-bond acceptors (Lipinski definition) is 3. The number of alkyl halides is 1. The van der Waals surface area contributed by atoms with Crippen LogP contribution >= 0.6 is 15.9 Å². The summed E-state index contributed by atoms with van der Waals surface area (Å²) in [4.78, 5) is 11.7. The van der Waals surface area contributed by atoms with Crippen molar-refractivity contribution in [1.82, 2.24) is 5.32 Å². The maximum Gasteiger partial charge on any atom is 0.407 e. The lowest BCUT2D eigenvalue weighted by molar-refractivity contribution is -0.0321. The fourth-order valence-corrected chi connectivity index (χ4v) is 2.20. The first-order valence-electron chi connectivity index (χ1n) is 7.32. The van der Waals surface area contributed by atoms with Crippen LogP contribution in [-0.2, 0) is 9.47 Å². The maximum absolute atomic E-state index is 11.7. The van der Waals surface area contributed by atoms with Gasteiger partial charge in [-0.1, -0.05) is 22.9 Å². The Morgan fingerprint density at radius 1 is 1.35 bits per heavy atom. The molecule has 20 heavy (non-hydrogen) atoms. The van der Waals surface area contributed by atoms with Crippen molar-refractivity contribution in [2.45, 2.75) is 58.7 Å². The summed E-state index contributed by atoms with van der Waals surface area (Å²) >= 11 is 3.47. The summed E-state index contributed by atoms with van der Waals surface area (Å²) in [6.07, 6.45) is 2.25. The quantitative estimate of drug-likeness (QED) is 0.712. The number of nitrogens with one attached hydrogen (secondary N) is 1. The molecule has 0 radical (unpaired) electrons. The number of carbonyl (C=O) groups excluding carboxylic acids is 1. The molecular weight excluding hydrogens is 322 g/mol.